The molecule has 0 aliphatic carbocycles. The molecule has 0 spiro atoms. The molecule has 0 bridgehead atoms. The highest BCUT2D eigenvalue weighted by Gasteiger charge is 2.10. The van der Waals surface area contributed by atoms with Gasteiger partial charge in [-0.15, -0.1) is 0 Å². The Kier molecular flexibility index (Phi) is 3.55. The second-order valence-corrected chi connectivity index (χ2v) is 3.55. The van der Waals surface area contributed by atoms with Crippen LogP contribution in [0.3, 0.4) is 0 Å². The molecule has 1 aromatic rings. The van der Waals surface area contributed by atoms with Crippen molar-refractivity contribution in [2.24, 2.45) is 0 Å². The second kappa shape index (κ2) is 4.70. The first kappa shape index (κ1) is 12.1. The fraction of sp³-hybridized carbons (Fsp3) is 0.250. The molecule has 1 rings (SSSR count). The highest BCUT2D eigenvalue weighted by Crippen LogP contribution is 2.19. The highest BCUT2D eigenvalue weighted by molar-refractivity contribution is 6.05. The molecular weight excluding hydrogens is 206 g/mol. The van der Waals surface area contributed by atoms with E-state index in [1.165, 1.54) is 26.8 Å². The van der Waals surface area contributed by atoms with Crippen LogP contribution in [0, 0.1) is 0 Å². The van der Waals surface area contributed by atoms with Gasteiger partial charge in [0.05, 0.1) is 5.69 Å². The molecule has 0 radical (unpaired) electrons. The molecule has 0 atom stereocenters. The average molecular weight is 219 g/mol. The molecule has 1 aromatic carbocycles. The molecule has 0 fully saturated rings. The van der Waals surface area contributed by atoms with Crippen LogP contribution in [-0.2, 0) is 4.79 Å². The van der Waals surface area contributed by atoms with Crippen molar-refractivity contribution in [2.45, 2.75) is 20.8 Å². The van der Waals surface area contributed by atoms with Gasteiger partial charge in [0, 0.05) is 18.1 Å². The molecule has 16 heavy (non-hydrogen) atoms. The lowest BCUT2D eigenvalue weighted by atomic mass is 10.0. The number of rotatable bonds is 3. The largest absolute Gasteiger partial charge is 0.326 e. The fourth-order valence-electron chi connectivity index (χ4n) is 1.36. The maximum Gasteiger partial charge on any atom is 0.221 e. The standard InChI is InChI=1S/C12H13NO3/c1-7(14)10-4-5-11(8(2)15)12(6-10)13-9(3)16/h4-6H,1-3H3,(H,13,16). The normalized spacial score (nSPS) is 9.69. The Labute approximate surface area is 93.7 Å². The van der Waals surface area contributed by atoms with Gasteiger partial charge in [-0.1, -0.05) is 6.07 Å². The maximum atomic E-state index is 11.3. The maximum absolute atomic E-state index is 11.3. The van der Waals surface area contributed by atoms with Crippen molar-refractivity contribution in [3.8, 4) is 0 Å². The van der Waals surface area contributed by atoms with E-state index in [0.717, 1.165) is 0 Å². The SMILES string of the molecule is CC(=O)Nc1cc(C(C)=O)ccc1C(C)=O. The Morgan fingerprint density at radius 1 is 1.00 bits per heavy atom. The number of Topliss-reactive ketones (excluding diaryl/α,β-unsaturated/α-hetero) is 2. The molecule has 4 nitrogen and oxygen atoms in total. The Morgan fingerprint density at radius 3 is 2.06 bits per heavy atom. The van der Waals surface area contributed by atoms with Crippen LogP contribution in [0.1, 0.15) is 41.5 Å². The van der Waals surface area contributed by atoms with Crippen LogP contribution >= 0.6 is 0 Å². The predicted molar refractivity (Wildman–Crippen MR) is 60.8 cm³/mol. The molecule has 0 aliphatic rings. The van der Waals surface area contributed by atoms with Crippen LogP contribution in [0.5, 0.6) is 0 Å². The van der Waals surface area contributed by atoms with E-state index < -0.39 is 0 Å². The fourth-order valence-corrected chi connectivity index (χ4v) is 1.36. The van der Waals surface area contributed by atoms with E-state index in [0.29, 0.717) is 16.8 Å². The lowest BCUT2D eigenvalue weighted by Crippen LogP contribution is -2.11. The Morgan fingerprint density at radius 2 is 1.62 bits per heavy atom. The number of carbonyl (C=O) groups excluding carboxylic acids is 3. The minimum atomic E-state index is -0.275. The number of benzene rings is 1. The van der Waals surface area contributed by atoms with Gasteiger partial charge in [-0.05, 0) is 26.0 Å². The Hall–Kier alpha value is -1.97. The second-order valence-electron chi connectivity index (χ2n) is 3.55. The van der Waals surface area contributed by atoms with Gasteiger partial charge in [0.1, 0.15) is 0 Å². The molecule has 0 saturated carbocycles. The van der Waals surface area contributed by atoms with Crippen molar-refractivity contribution < 1.29 is 14.4 Å². The molecule has 0 unspecified atom stereocenters. The van der Waals surface area contributed by atoms with E-state index in [1.54, 1.807) is 12.1 Å². The third kappa shape index (κ3) is 2.76. The van der Waals surface area contributed by atoms with Crippen molar-refractivity contribution in [1.82, 2.24) is 0 Å². The van der Waals surface area contributed by atoms with E-state index in [4.69, 9.17) is 0 Å². The van der Waals surface area contributed by atoms with Gasteiger partial charge >= 0.3 is 0 Å². The first-order chi connectivity index (χ1) is 7.41. The summed E-state index contributed by atoms with van der Waals surface area (Å²) >= 11 is 0. The highest BCUT2D eigenvalue weighted by atomic mass is 16.1. The van der Waals surface area contributed by atoms with Gasteiger partial charge in [0.15, 0.2) is 11.6 Å². The predicted octanol–water partition coefficient (Wildman–Crippen LogP) is 2.05. The van der Waals surface area contributed by atoms with E-state index in [1.807, 2.05) is 0 Å². The first-order valence-corrected chi connectivity index (χ1v) is 4.85. The van der Waals surface area contributed by atoms with Crippen LogP contribution < -0.4 is 5.32 Å². The minimum absolute atomic E-state index is 0.110. The lowest BCUT2D eigenvalue weighted by Gasteiger charge is -2.08. The lowest BCUT2D eigenvalue weighted by molar-refractivity contribution is -0.114. The zero-order chi connectivity index (χ0) is 12.3. The topological polar surface area (TPSA) is 63.2 Å². The Bertz CT molecular complexity index is 463. The van der Waals surface area contributed by atoms with Crippen molar-refractivity contribution in [2.75, 3.05) is 5.32 Å². The molecule has 0 aliphatic heterocycles. The molecule has 0 saturated heterocycles. The quantitative estimate of drug-likeness (QED) is 0.791. The average Bonchev–Trinajstić information content (AvgIpc) is 2.15. The third-order valence-corrected chi connectivity index (χ3v) is 2.12. The van der Waals surface area contributed by atoms with E-state index in [-0.39, 0.29) is 17.5 Å². The summed E-state index contributed by atoms with van der Waals surface area (Å²) in [7, 11) is 0. The van der Waals surface area contributed by atoms with Crippen LogP contribution in [0.4, 0.5) is 5.69 Å². The minimum Gasteiger partial charge on any atom is -0.326 e. The molecule has 1 amide bonds. The summed E-state index contributed by atoms with van der Waals surface area (Å²) in [5.41, 5.74) is 1.25. The number of carbonyl (C=O) groups is 3. The summed E-state index contributed by atoms with van der Waals surface area (Å²) in [5, 5.41) is 2.54. The van der Waals surface area contributed by atoms with Gasteiger partial charge in [0.25, 0.3) is 0 Å². The number of anilines is 1. The molecule has 84 valence electrons. The van der Waals surface area contributed by atoms with E-state index >= 15 is 0 Å². The summed E-state index contributed by atoms with van der Waals surface area (Å²) in [6.45, 7) is 4.19. The van der Waals surface area contributed by atoms with Crippen LogP contribution in [0.2, 0.25) is 0 Å². The van der Waals surface area contributed by atoms with Gasteiger partial charge in [0.2, 0.25) is 5.91 Å². The summed E-state index contributed by atoms with van der Waals surface area (Å²) in [4.78, 5) is 33.4. The third-order valence-electron chi connectivity index (χ3n) is 2.12. The zero-order valence-corrected chi connectivity index (χ0v) is 9.46. The monoisotopic (exact) mass is 219 g/mol. The van der Waals surface area contributed by atoms with Gasteiger partial charge < -0.3 is 5.32 Å². The zero-order valence-electron chi connectivity index (χ0n) is 9.46. The number of amides is 1. The summed E-state index contributed by atoms with van der Waals surface area (Å²) < 4.78 is 0. The number of ketones is 2. The summed E-state index contributed by atoms with van der Waals surface area (Å²) in [5.74, 6) is -0.538. The van der Waals surface area contributed by atoms with Crippen molar-refractivity contribution in [1.29, 1.82) is 0 Å². The summed E-state index contributed by atoms with van der Waals surface area (Å²) in [6, 6.07) is 4.63. The molecule has 0 aromatic heterocycles. The molecule has 4 heteroatoms. The van der Waals surface area contributed by atoms with E-state index in [9.17, 15) is 14.4 Å². The van der Waals surface area contributed by atoms with Gasteiger partial charge in [-0.3, -0.25) is 14.4 Å². The van der Waals surface area contributed by atoms with Crippen molar-refractivity contribution in [3.05, 3.63) is 29.3 Å². The number of nitrogens with one attached hydrogen (secondary N) is 1. The number of hydrogen-bond donors (Lipinski definition) is 1. The van der Waals surface area contributed by atoms with Crippen LogP contribution in [-0.4, -0.2) is 17.5 Å². The van der Waals surface area contributed by atoms with Crippen LogP contribution in [0.15, 0.2) is 18.2 Å². The first-order valence-electron chi connectivity index (χ1n) is 4.85. The smallest absolute Gasteiger partial charge is 0.221 e. The molecule has 0 heterocycles. The Balaban J connectivity index is 3.26. The number of hydrogen-bond acceptors (Lipinski definition) is 3. The van der Waals surface area contributed by atoms with Crippen molar-refractivity contribution in [3.63, 3.8) is 0 Å². The molecular formula is C12H13NO3. The van der Waals surface area contributed by atoms with Crippen LogP contribution in [0.25, 0.3) is 0 Å². The van der Waals surface area contributed by atoms with Gasteiger partial charge in [-0.2, -0.15) is 0 Å². The molecule has 1 N–H and O–H groups in total. The van der Waals surface area contributed by atoms with Gasteiger partial charge in [-0.25, -0.2) is 0 Å². The van der Waals surface area contributed by atoms with Crippen molar-refractivity contribution >= 4 is 23.2 Å². The summed E-state index contributed by atoms with van der Waals surface area (Å²) in [6.07, 6.45) is 0. The van der Waals surface area contributed by atoms with E-state index in [2.05, 4.69) is 5.32 Å².